The van der Waals surface area contributed by atoms with Crippen LogP contribution in [0.25, 0.3) is 0 Å². The Morgan fingerprint density at radius 1 is 0.968 bits per heavy atom. The van der Waals surface area contributed by atoms with Crippen LogP contribution in [0.5, 0.6) is 0 Å². The molecule has 2 aliphatic heterocycles. The van der Waals surface area contributed by atoms with Gasteiger partial charge in [0.25, 0.3) is 5.91 Å². The van der Waals surface area contributed by atoms with E-state index in [2.05, 4.69) is 16.3 Å². The van der Waals surface area contributed by atoms with Crippen molar-refractivity contribution >= 4 is 17.6 Å². The molecule has 2 fully saturated rings. The summed E-state index contributed by atoms with van der Waals surface area (Å²) in [6.45, 7) is 4.16. The Morgan fingerprint density at radius 3 is 2.42 bits per heavy atom. The van der Waals surface area contributed by atoms with Gasteiger partial charge in [-0.3, -0.25) is 4.79 Å². The van der Waals surface area contributed by atoms with E-state index in [0.29, 0.717) is 25.2 Å². The maximum absolute atomic E-state index is 13.2. The normalized spacial score (nSPS) is 19.3. The number of hydrogen-bond acceptors (Lipinski definition) is 3. The highest BCUT2D eigenvalue weighted by atomic mass is 19.1. The third kappa shape index (κ3) is 4.81. The van der Waals surface area contributed by atoms with Gasteiger partial charge in [0.2, 0.25) is 0 Å². The highest BCUT2D eigenvalue weighted by Crippen LogP contribution is 2.28. The molecule has 0 bridgehead atoms. The van der Waals surface area contributed by atoms with Gasteiger partial charge >= 0.3 is 6.03 Å². The van der Waals surface area contributed by atoms with E-state index < -0.39 is 0 Å². The number of piperidine rings is 1. The molecule has 2 aliphatic rings. The van der Waals surface area contributed by atoms with Crippen LogP contribution in [0.2, 0.25) is 0 Å². The molecule has 2 aromatic carbocycles. The molecule has 7 heteroatoms. The van der Waals surface area contributed by atoms with Crippen molar-refractivity contribution in [1.29, 1.82) is 0 Å². The van der Waals surface area contributed by atoms with Crippen molar-refractivity contribution in [3.8, 4) is 0 Å². The Labute approximate surface area is 182 Å². The van der Waals surface area contributed by atoms with Crippen molar-refractivity contribution < 1.29 is 14.0 Å². The predicted octanol–water partition coefficient (Wildman–Crippen LogP) is 3.31. The zero-order valence-electron chi connectivity index (χ0n) is 17.9. The number of anilines is 1. The number of nitrogens with one attached hydrogen (secondary N) is 1. The van der Waals surface area contributed by atoms with Crippen LogP contribution in [0.4, 0.5) is 14.9 Å². The van der Waals surface area contributed by atoms with E-state index in [4.69, 9.17) is 0 Å². The lowest BCUT2D eigenvalue weighted by Gasteiger charge is -2.36. The number of carbonyl (C=O) groups excluding carboxylic acids is 2. The average molecular weight is 425 g/mol. The second-order valence-corrected chi connectivity index (χ2v) is 8.22. The molecule has 4 rings (SSSR count). The van der Waals surface area contributed by atoms with Crippen LogP contribution in [-0.2, 0) is 0 Å². The van der Waals surface area contributed by atoms with Gasteiger partial charge in [-0.15, -0.1) is 0 Å². The molecule has 2 heterocycles. The monoisotopic (exact) mass is 424 g/mol. The van der Waals surface area contributed by atoms with Crippen molar-refractivity contribution in [3.05, 3.63) is 65.5 Å². The molecule has 0 aromatic heterocycles. The van der Waals surface area contributed by atoms with Gasteiger partial charge in [0.05, 0.1) is 0 Å². The van der Waals surface area contributed by atoms with Crippen molar-refractivity contribution in [2.24, 2.45) is 0 Å². The summed E-state index contributed by atoms with van der Waals surface area (Å²) in [5.41, 5.74) is 2.79. The first-order valence-corrected chi connectivity index (χ1v) is 10.9. The van der Waals surface area contributed by atoms with E-state index in [0.717, 1.165) is 43.7 Å². The fourth-order valence-corrected chi connectivity index (χ4v) is 4.52. The van der Waals surface area contributed by atoms with E-state index in [1.165, 1.54) is 12.1 Å². The van der Waals surface area contributed by atoms with Gasteiger partial charge in [-0.05, 0) is 54.8 Å². The number of hydrogen-bond donors (Lipinski definition) is 1. The van der Waals surface area contributed by atoms with E-state index in [1.807, 2.05) is 28.0 Å². The summed E-state index contributed by atoms with van der Waals surface area (Å²) < 4.78 is 13.2. The van der Waals surface area contributed by atoms with Crippen molar-refractivity contribution in [2.45, 2.75) is 18.8 Å². The van der Waals surface area contributed by atoms with Crippen LogP contribution in [0.1, 0.15) is 34.7 Å². The number of benzene rings is 2. The van der Waals surface area contributed by atoms with E-state index in [9.17, 15) is 14.0 Å². The molecule has 1 N–H and O–H groups in total. The molecule has 164 valence electrons. The lowest BCUT2D eigenvalue weighted by molar-refractivity contribution is 0.0746. The van der Waals surface area contributed by atoms with E-state index in [-0.39, 0.29) is 23.7 Å². The maximum atomic E-state index is 13.2. The molecule has 2 aromatic rings. The summed E-state index contributed by atoms with van der Waals surface area (Å²) in [7, 11) is 1.65. The minimum absolute atomic E-state index is 0.0413. The minimum Gasteiger partial charge on any atom is -0.368 e. The summed E-state index contributed by atoms with van der Waals surface area (Å²) >= 11 is 0. The number of halogens is 1. The molecule has 0 saturated carbocycles. The van der Waals surface area contributed by atoms with Crippen molar-refractivity contribution in [3.63, 3.8) is 0 Å². The maximum Gasteiger partial charge on any atom is 0.317 e. The van der Waals surface area contributed by atoms with Crippen LogP contribution < -0.4 is 10.2 Å². The molecule has 0 aliphatic carbocycles. The van der Waals surface area contributed by atoms with Crippen LogP contribution in [0.3, 0.4) is 0 Å². The Morgan fingerprint density at radius 2 is 1.71 bits per heavy atom. The second-order valence-electron chi connectivity index (χ2n) is 8.22. The molecule has 3 amide bonds. The molecule has 1 unspecified atom stereocenters. The standard InChI is InChI=1S/C24H29FN4O2/c1-26-24(31)29-11-3-6-20(17-29)18-4-2-5-19(16-18)23(30)28-14-12-27(13-15-28)22-9-7-21(25)8-10-22/h2,4-5,7-10,16,20H,3,6,11-15,17H2,1H3,(H,26,31). The van der Waals surface area contributed by atoms with Gasteiger partial charge in [-0.1, -0.05) is 12.1 Å². The molecular formula is C24H29FN4O2. The van der Waals surface area contributed by atoms with Gasteiger partial charge in [0.15, 0.2) is 0 Å². The highest BCUT2D eigenvalue weighted by molar-refractivity contribution is 5.94. The topological polar surface area (TPSA) is 55.9 Å². The summed E-state index contributed by atoms with van der Waals surface area (Å²) in [5, 5.41) is 2.70. The average Bonchev–Trinajstić information content (AvgIpc) is 2.84. The zero-order valence-corrected chi connectivity index (χ0v) is 17.9. The minimum atomic E-state index is -0.242. The Bertz CT molecular complexity index is 925. The highest BCUT2D eigenvalue weighted by Gasteiger charge is 2.26. The Kier molecular flexibility index (Phi) is 6.39. The lowest BCUT2D eigenvalue weighted by Crippen LogP contribution is -2.48. The number of carbonyl (C=O) groups is 2. The molecular weight excluding hydrogens is 395 g/mol. The summed E-state index contributed by atoms with van der Waals surface area (Å²) in [6.07, 6.45) is 1.98. The molecule has 1 atom stereocenters. The van der Waals surface area contributed by atoms with Crippen LogP contribution in [0, 0.1) is 5.82 Å². The number of rotatable bonds is 3. The summed E-state index contributed by atoms with van der Waals surface area (Å²) in [4.78, 5) is 31.0. The largest absolute Gasteiger partial charge is 0.368 e. The second kappa shape index (κ2) is 9.37. The first kappa shape index (κ1) is 21.2. The molecule has 2 saturated heterocycles. The van der Waals surface area contributed by atoms with Gasteiger partial charge in [-0.2, -0.15) is 0 Å². The number of urea groups is 1. The van der Waals surface area contributed by atoms with Gasteiger partial charge in [-0.25, -0.2) is 9.18 Å². The smallest absolute Gasteiger partial charge is 0.317 e. The fourth-order valence-electron chi connectivity index (χ4n) is 4.52. The number of amides is 3. The van der Waals surface area contributed by atoms with Crippen molar-refractivity contribution in [2.75, 3.05) is 51.2 Å². The first-order chi connectivity index (χ1) is 15.0. The molecule has 6 nitrogen and oxygen atoms in total. The van der Waals surface area contributed by atoms with Crippen LogP contribution >= 0.6 is 0 Å². The SMILES string of the molecule is CNC(=O)N1CCCC(c2cccc(C(=O)N3CCN(c4ccc(F)cc4)CC3)c2)C1. The van der Waals surface area contributed by atoms with Gasteiger partial charge < -0.3 is 20.0 Å². The third-order valence-corrected chi connectivity index (χ3v) is 6.29. The summed E-state index contributed by atoms with van der Waals surface area (Å²) in [5.74, 6) is 0.0440. The summed E-state index contributed by atoms with van der Waals surface area (Å²) in [6, 6.07) is 14.3. The van der Waals surface area contributed by atoms with Gasteiger partial charge in [0.1, 0.15) is 5.82 Å². The zero-order chi connectivity index (χ0) is 21.8. The lowest BCUT2D eigenvalue weighted by atomic mass is 9.89. The predicted molar refractivity (Wildman–Crippen MR) is 119 cm³/mol. The van der Waals surface area contributed by atoms with E-state index in [1.54, 1.807) is 19.2 Å². The van der Waals surface area contributed by atoms with Crippen LogP contribution in [0.15, 0.2) is 48.5 Å². The van der Waals surface area contributed by atoms with Gasteiger partial charge in [0, 0.05) is 63.5 Å². The Balaban J connectivity index is 1.39. The molecule has 0 spiro atoms. The van der Waals surface area contributed by atoms with Crippen molar-refractivity contribution in [1.82, 2.24) is 15.1 Å². The molecule has 31 heavy (non-hydrogen) atoms. The van der Waals surface area contributed by atoms with Crippen LogP contribution in [-0.4, -0.2) is 68.1 Å². The molecule has 0 radical (unpaired) electrons. The Hall–Kier alpha value is -3.09. The fraction of sp³-hybridized carbons (Fsp3) is 0.417. The number of nitrogens with zero attached hydrogens (tertiary/aromatic N) is 3. The third-order valence-electron chi connectivity index (χ3n) is 6.29. The number of piperazine rings is 1. The first-order valence-electron chi connectivity index (χ1n) is 10.9. The number of likely N-dealkylation sites (tertiary alicyclic amines) is 1. The quantitative estimate of drug-likeness (QED) is 0.823. The van der Waals surface area contributed by atoms with E-state index >= 15 is 0 Å².